The lowest BCUT2D eigenvalue weighted by atomic mass is 9.93. The summed E-state index contributed by atoms with van der Waals surface area (Å²) in [6, 6.07) is 18.3. The van der Waals surface area contributed by atoms with Gasteiger partial charge in [0.15, 0.2) is 0 Å². The molecule has 1 unspecified atom stereocenters. The Morgan fingerprint density at radius 2 is 1.39 bits per heavy atom. The van der Waals surface area contributed by atoms with Gasteiger partial charge in [0.1, 0.15) is 0 Å². The molecule has 0 heterocycles. The third-order valence-corrected chi connectivity index (χ3v) is 4.94. The summed E-state index contributed by atoms with van der Waals surface area (Å²) in [6.07, 6.45) is 4.62. The topological polar surface area (TPSA) is 86.7 Å². The van der Waals surface area contributed by atoms with Gasteiger partial charge in [0, 0.05) is 37.2 Å². The molecule has 0 fully saturated rings. The average molecular weight is 611 g/mol. The zero-order valence-corrected chi connectivity index (χ0v) is 20.4. The van der Waals surface area contributed by atoms with E-state index in [-0.39, 0.29) is 13.2 Å². The Labute approximate surface area is 191 Å². The average Bonchev–Trinajstić information content (AvgIpc) is 2.77. The molecule has 0 saturated carbocycles. The van der Waals surface area contributed by atoms with Crippen LogP contribution in [0.25, 0.3) is 0 Å². The lowest BCUT2D eigenvalue weighted by Gasteiger charge is -2.24. The second-order valence-electron chi connectivity index (χ2n) is 7.17. The van der Waals surface area contributed by atoms with Gasteiger partial charge in [-0.25, -0.2) is 0 Å². The highest BCUT2D eigenvalue weighted by atomic mass is 128. The van der Waals surface area contributed by atoms with Crippen molar-refractivity contribution in [1.82, 2.24) is 0 Å². The third kappa shape index (κ3) is 9.49. The van der Waals surface area contributed by atoms with Gasteiger partial charge in [0.25, 0.3) is 0 Å². The summed E-state index contributed by atoms with van der Waals surface area (Å²) in [4.78, 5) is 0. The van der Waals surface area contributed by atoms with Gasteiger partial charge in [0.2, 0.25) is 0 Å². The molecule has 156 valence electrons. The van der Waals surface area contributed by atoms with Crippen LogP contribution < -0.4 is 5.73 Å². The summed E-state index contributed by atoms with van der Waals surface area (Å²) < 4.78 is 0. The summed E-state index contributed by atoms with van der Waals surface area (Å²) in [5.41, 5.74) is 8.31. The van der Waals surface area contributed by atoms with Gasteiger partial charge in [-0.3, -0.25) is 0 Å². The van der Waals surface area contributed by atoms with E-state index in [0.717, 1.165) is 36.8 Å². The van der Waals surface area contributed by atoms with Crippen LogP contribution in [-0.4, -0.2) is 34.1 Å². The van der Waals surface area contributed by atoms with Gasteiger partial charge in [-0.15, -0.1) is 0 Å². The largest absolute Gasteiger partial charge is 0.394 e. The fourth-order valence-electron chi connectivity index (χ4n) is 2.99. The maximum Gasteiger partial charge on any atom is 0.0790 e. The second kappa shape index (κ2) is 14.7. The Kier molecular flexibility index (Phi) is 13.5. The highest BCUT2D eigenvalue weighted by Crippen LogP contribution is 2.21. The third-order valence-electron chi connectivity index (χ3n) is 4.94. The van der Waals surface area contributed by atoms with Gasteiger partial charge < -0.3 is 21.1 Å². The van der Waals surface area contributed by atoms with Crippen molar-refractivity contribution in [3.63, 3.8) is 0 Å². The predicted molar refractivity (Wildman–Crippen MR) is 133 cm³/mol. The van der Waals surface area contributed by atoms with Crippen LogP contribution in [0.2, 0.25) is 0 Å². The van der Waals surface area contributed by atoms with E-state index >= 15 is 0 Å². The van der Waals surface area contributed by atoms with Crippen LogP contribution >= 0.6 is 37.2 Å². The van der Waals surface area contributed by atoms with E-state index in [1.807, 2.05) is 30.3 Å². The van der Waals surface area contributed by atoms with E-state index in [4.69, 9.17) is 5.73 Å². The lowest BCUT2D eigenvalue weighted by molar-refractivity contribution is 0.115. The molecular formula is C22H31I2NO3. The van der Waals surface area contributed by atoms with Gasteiger partial charge in [-0.05, 0) is 48.8 Å². The first kappa shape index (κ1) is 25.8. The van der Waals surface area contributed by atoms with E-state index < -0.39 is 11.6 Å². The van der Waals surface area contributed by atoms with Crippen LogP contribution in [0.5, 0.6) is 0 Å². The molecule has 2 aromatic rings. The summed E-state index contributed by atoms with van der Waals surface area (Å²) >= 11 is 4.24. The number of benzene rings is 2. The first-order valence-corrected chi connectivity index (χ1v) is 15.8. The predicted octanol–water partition coefficient (Wildman–Crippen LogP) is 4.52. The minimum atomic E-state index is -0.934. The molecule has 0 aromatic heterocycles. The van der Waals surface area contributed by atoms with Crippen molar-refractivity contribution < 1.29 is 15.3 Å². The van der Waals surface area contributed by atoms with Crippen molar-refractivity contribution in [2.45, 2.75) is 50.2 Å². The number of aliphatic hydroxyl groups excluding tert-OH is 3. The number of halogens is 2. The SMILES string of the molecule is II.NC(CO)(CO)CCc1ccc(C(O)CCCCc2ccccc2)cc1. The van der Waals surface area contributed by atoms with E-state index in [1.54, 1.807) is 0 Å². The summed E-state index contributed by atoms with van der Waals surface area (Å²) in [7, 11) is 0. The van der Waals surface area contributed by atoms with Gasteiger partial charge in [-0.2, -0.15) is 0 Å². The molecule has 0 spiro atoms. The highest BCUT2D eigenvalue weighted by molar-refractivity contribution is 15.0. The smallest absolute Gasteiger partial charge is 0.0790 e. The normalized spacial score (nSPS) is 12.2. The Morgan fingerprint density at radius 1 is 0.821 bits per heavy atom. The number of hydrogen-bond acceptors (Lipinski definition) is 4. The monoisotopic (exact) mass is 611 g/mol. The molecule has 0 saturated heterocycles. The molecule has 2 aromatic carbocycles. The Bertz CT molecular complexity index is 634. The maximum absolute atomic E-state index is 10.4. The van der Waals surface area contributed by atoms with Gasteiger partial charge in [0.05, 0.1) is 24.9 Å². The fourth-order valence-corrected chi connectivity index (χ4v) is 2.99. The summed E-state index contributed by atoms with van der Waals surface area (Å²) in [5.74, 6) is 0. The molecule has 4 nitrogen and oxygen atoms in total. The van der Waals surface area contributed by atoms with E-state index in [9.17, 15) is 15.3 Å². The number of rotatable bonds is 11. The van der Waals surface area contributed by atoms with Crippen molar-refractivity contribution in [2.24, 2.45) is 5.73 Å². The van der Waals surface area contributed by atoms with Crippen LogP contribution in [0.1, 0.15) is 48.5 Å². The lowest BCUT2D eigenvalue weighted by Crippen LogP contribution is -2.47. The molecule has 0 aliphatic rings. The number of unbranched alkanes of at least 4 members (excludes halogenated alkanes) is 1. The Hall–Kier alpha value is -0.260. The van der Waals surface area contributed by atoms with Crippen LogP contribution in [0.3, 0.4) is 0 Å². The van der Waals surface area contributed by atoms with Gasteiger partial charge >= 0.3 is 0 Å². The Balaban J connectivity index is 0.00000190. The molecule has 0 aliphatic carbocycles. The molecule has 2 rings (SSSR count). The standard InChI is InChI=1S/C22H31NO3.I2/c23-22(16-24,17-25)15-14-19-10-12-20(13-11-19)21(26)9-5-4-8-18-6-2-1-3-7-18;1-2/h1-3,6-7,10-13,21,24-26H,4-5,8-9,14-17,23H2;. The highest BCUT2D eigenvalue weighted by Gasteiger charge is 2.22. The molecule has 28 heavy (non-hydrogen) atoms. The number of nitrogens with two attached hydrogens (primary N) is 1. The van der Waals surface area contributed by atoms with Crippen molar-refractivity contribution >= 4 is 37.2 Å². The van der Waals surface area contributed by atoms with Crippen molar-refractivity contribution in [1.29, 1.82) is 0 Å². The zero-order valence-electron chi connectivity index (χ0n) is 16.1. The second-order valence-corrected chi connectivity index (χ2v) is 7.17. The minimum Gasteiger partial charge on any atom is -0.394 e. The molecule has 0 aliphatic heterocycles. The van der Waals surface area contributed by atoms with Crippen molar-refractivity contribution in [3.05, 3.63) is 71.3 Å². The molecule has 5 N–H and O–H groups in total. The maximum atomic E-state index is 10.4. The minimum absolute atomic E-state index is 0.233. The molecule has 0 radical (unpaired) electrons. The fraction of sp³-hybridized carbons (Fsp3) is 0.455. The number of aliphatic hydroxyl groups is 3. The molecular weight excluding hydrogens is 580 g/mol. The molecule has 0 amide bonds. The van der Waals surface area contributed by atoms with Gasteiger partial charge in [-0.1, -0.05) is 61.0 Å². The van der Waals surface area contributed by atoms with Crippen molar-refractivity contribution in [2.75, 3.05) is 13.2 Å². The molecule has 6 heteroatoms. The Morgan fingerprint density at radius 3 is 1.96 bits per heavy atom. The quantitative estimate of drug-likeness (QED) is 0.223. The van der Waals surface area contributed by atoms with Crippen LogP contribution in [0, 0.1) is 0 Å². The van der Waals surface area contributed by atoms with E-state index in [0.29, 0.717) is 12.8 Å². The summed E-state index contributed by atoms with van der Waals surface area (Å²) in [6.45, 7) is -0.466. The first-order valence-electron chi connectivity index (χ1n) is 9.52. The van der Waals surface area contributed by atoms with Crippen LogP contribution in [-0.2, 0) is 12.8 Å². The molecule has 0 bridgehead atoms. The summed E-state index contributed by atoms with van der Waals surface area (Å²) in [5, 5.41) is 28.8. The first-order chi connectivity index (χ1) is 13.6. The van der Waals surface area contributed by atoms with Crippen molar-refractivity contribution in [3.8, 4) is 0 Å². The van der Waals surface area contributed by atoms with E-state index in [2.05, 4.69) is 61.5 Å². The number of aryl methyl sites for hydroxylation is 2. The molecule has 1 atom stereocenters. The van der Waals surface area contributed by atoms with E-state index in [1.165, 1.54) is 5.56 Å². The van der Waals surface area contributed by atoms with Crippen LogP contribution in [0.4, 0.5) is 0 Å². The number of hydrogen-bond donors (Lipinski definition) is 4. The zero-order chi connectivity index (χ0) is 20.8. The van der Waals surface area contributed by atoms with Crippen LogP contribution in [0.15, 0.2) is 54.6 Å².